The highest BCUT2D eigenvalue weighted by atomic mass is 79.9. The first kappa shape index (κ1) is 19.8. The van der Waals surface area contributed by atoms with Crippen molar-refractivity contribution in [1.82, 2.24) is 0 Å². The molecule has 0 radical (unpaired) electrons. The summed E-state index contributed by atoms with van der Waals surface area (Å²) in [5.41, 5.74) is 0.983. The average Bonchev–Trinajstić information content (AvgIpc) is 2.84. The van der Waals surface area contributed by atoms with Gasteiger partial charge in [-0.05, 0) is 36.1 Å². The molecule has 0 saturated heterocycles. The van der Waals surface area contributed by atoms with Gasteiger partial charge in [-0.3, -0.25) is 9.59 Å². The Morgan fingerprint density at radius 3 is 2.44 bits per heavy atom. The molecule has 1 amide bonds. The van der Waals surface area contributed by atoms with E-state index in [1.54, 1.807) is 23.1 Å². The Kier molecular flexibility index (Phi) is 5.54. The van der Waals surface area contributed by atoms with Crippen molar-refractivity contribution in [1.29, 1.82) is 0 Å². The van der Waals surface area contributed by atoms with E-state index in [4.69, 9.17) is 0 Å². The Balaban J connectivity index is 1.94. The number of anilines is 1. The number of benzene rings is 2. The van der Waals surface area contributed by atoms with Crippen LogP contribution in [0.4, 0.5) is 5.69 Å². The molecule has 1 atom stereocenters. The van der Waals surface area contributed by atoms with Crippen molar-refractivity contribution in [3.63, 3.8) is 0 Å². The second-order valence-corrected chi connectivity index (χ2v) is 8.27. The third-order valence-electron chi connectivity index (χ3n) is 5.06. The molecule has 142 valence electrons. The number of amides is 1. The van der Waals surface area contributed by atoms with Gasteiger partial charge in [0.25, 0.3) is 5.91 Å². The monoisotopic (exact) mass is 429 g/mol. The molecular weight excluding hydrogens is 406 g/mol. The van der Waals surface area contributed by atoms with Crippen LogP contribution in [0.2, 0.25) is 0 Å². The molecule has 1 aliphatic rings. The summed E-state index contributed by atoms with van der Waals surface area (Å²) in [6, 6.07) is 12.8. The Hall–Kier alpha value is -1.98. The molecule has 27 heavy (non-hydrogen) atoms. The van der Waals surface area contributed by atoms with E-state index in [0.29, 0.717) is 29.3 Å². The van der Waals surface area contributed by atoms with Crippen LogP contribution < -0.4 is 4.90 Å². The van der Waals surface area contributed by atoms with Gasteiger partial charge in [-0.2, -0.15) is 0 Å². The van der Waals surface area contributed by atoms with Crippen LogP contribution >= 0.6 is 15.9 Å². The fraction of sp³-hybridized carbons (Fsp3) is 0.364. The van der Waals surface area contributed by atoms with Crippen LogP contribution in [0.3, 0.4) is 0 Å². The standard InChI is InChI=1S/C22H24BrNO3/c1-4-11-24-19-10-9-17(23)12-18(19)22(27,21(24)26)13-20(25)16-7-5-15(6-8-16)14(2)3/h5-10,12,14,27H,4,11,13H2,1-3H3/t22-/m0/s1. The summed E-state index contributed by atoms with van der Waals surface area (Å²) in [5, 5.41) is 11.3. The highest BCUT2D eigenvalue weighted by Gasteiger charge is 2.50. The zero-order valence-corrected chi connectivity index (χ0v) is 17.4. The third kappa shape index (κ3) is 3.58. The zero-order valence-electron chi connectivity index (χ0n) is 15.8. The summed E-state index contributed by atoms with van der Waals surface area (Å²) in [4.78, 5) is 27.4. The van der Waals surface area contributed by atoms with Crippen LogP contribution in [0.5, 0.6) is 0 Å². The molecule has 4 nitrogen and oxygen atoms in total. The van der Waals surface area contributed by atoms with Crippen molar-refractivity contribution in [3.8, 4) is 0 Å². The first-order valence-corrected chi connectivity index (χ1v) is 10.0. The van der Waals surface area contributed by atoms with E-state index in [1.807, 2.05) is 31.2 Å². The quantitative estimate of drug-likeness (QED) is 0.671. The van der Waals surface area contributed by atoms with Gasteiger partial charge in [0.1, 0.15) is 0 Å². The van der Waals surface area contributed by atoms with Gasteiger partial charge in [-0.25, -0.2) is 0 Å². The summed E-state index contributed by atoms with van der Waals surface area (Å²) in [5.74, 6) is -0.295. The van der Waals surface area contributed by atoms with Crippen LogP contribution in [0.15, 0.2) is 46.9 Å². The van der Waals surface area contributed by atoms with Crippen molar-refractivity contribution >= 4 is 33.3 Å². The maximum atomic E-state index is 13.0. The van der Waals surface area contributed by atoms with Gasteiger partial charge in [-0.15, -0.1) is 0 Å². The number of hydrogen-bond donors (Lipinski definition) is 1. The minimum absolute atomic E-state index is 0.245. The minimum Gasteiger partial charge on any atom is -0.375 e. The van der Waals surface area contributed by atoms with Crippen molar-refractivity contribution in [2.75, 3.05) is 11.4 Å². The van der Waals surface area contributed by atoms with Crippen molar-refractivity contribution in [3.05, 3.63) is 63.6 Å². The zero-order chi connectivity index (χ0) is 19.8. The maximum absolute atomic E-state index is 13.0. The van der Waals surface area contributed by atoms with Gasteiger partial charge in [0.2, 0.25) is 0 Å². The molecule has 0 unspecified atom stereocenters. The van der Waals surface area contributed by atoms with E-state index in [-0.39, 0.29) is 12.2 Å². The molecule has 0 aliphatic carbocycles. The largest absolute Gasteiger partial charge is 0.375 e. The third-order valence-corrected chi connectivity index (χ3v) is 5.55. The van der Waals surface area contributed by atoms with Gasteiger partial charge >= 0.3 is 0 Å². The van der Waals surface area contributed by atoms with Crippen LogP contribution in [-0.2, 0) is 10.4 Å². The molecule has 1 heterocycles. The summed E-state index contributed by atoms with van der Waals surface area (Å²) in [6.07, 6.45) is 0.498. The molecule has 2 aromatic carbocycles. The van der Waals surface area contributed by atoms with Gasteiger partial charge in [0.15, 0.2) is 11.4 Å². The number of ketones is 1. The number of carbonyl (C=O) groups is 2. The molecule has 5 heteroatoms. The first-order chi connectivity index (χ1) is 12.8. The highest BCUT2D eigenvalue weighted by molar-refractivity contribution is 9.10. The predicted octanol–water partition coefficient (Wildman–Crippen LogP) is 4.79. The normalized spacial score (nSPS) is 18.9. The van der Waals surface area contributed by atoms with Gasteiger partial charge in [-0.1, -0.05) is 61.0 Å². The molecule has 2 aromatic rings. The van der Waals surface area contributed by atoms with E-state index in [0.717, 1.165) is 16.5 Å². The lowest BCUT2D eigenvalue weighted by Gasteiger charge is -2.22. The Morgan fingerprint density at radius 1 is 1.19 bits per heavy atom. The number of nitrogens with zero attached hydrogens (tertiary/aromatic N) is 1. The number of rotatable bonds is 6. The van der Waals surface area contributed by atoms with Crippen molar-refractivity contribution in [2.24, 2.45) is 0 Å². The van der Waals surface area contributed by atoms with E-state index in [2.05, 4.69) is 29.8 Å². The van der Waals surface area contributed by atoms with Crippen LogP contribution in [-0.4, -0.2) is 23.3 Å². The summed E-state index contributed by atoms with van der Waals surface area (Å²) >= 11 is 3.40. The lowest BCUT2D eigenvalue weighted by Crippen LogP contribution is -2.42. The van der Waals surface area contributed by atoms with Crippen LogP contribution in [0.25, 0.3) is 0 Å². The predicted molar refractivity (Wildman–Crippen MR) is 110 cm³/mol. The Labute approximate surface area is 168 Å². The SMILES string of the molecule is CCCN1C(=O)[C@](O)(CC(=O)c2ccc(C(C)C)cc2)c2cc(Br)ccc21. The molecule has 1 N–H and O–H groups in total. The lowest BCUT2D eigenvalue weighted by molar-refractivity contribution is -0.135. The number of aliphatic hydroxyl groups is 1. The molecule has 3 rings (SSSR count). The Bertz CT molecular complexity index is 876. The van der Waals surface area contributed by atoms with Crippen molar-refractivity contribution in [2.45, 2.75) is 45.1 Å². The van der Waals surface area contributed by atoms with Crippen LogP contribution in [0.1, 0.15) is 61.0 Å². The fourth-order valence-electron chi connectivity index (χ4n) is 3.53. The minimum atomic E-state index is -1.83. The number of Topliss-reactive ketones (excluding diaryl/α,β-unsaturated/α-hetero) is 1. The summed E-state index contributed by atoms with van der Waals surface area (Å²) in [6.45, 7) is 6.67. The molecule has 0 aromatic heterocycles. The second-order valence-electron chi connectivity index (χ2n) is 7.36. The first-order valence-electron chi connectivity index (χ1n) is 9.25. The lowest BCUT2D eigenvalue weighted by atomic mass is 9.87. The van der Waals surface area contributed by atoms with Gasteiger partial charge in [0, 0.05) is 22.1 Å². The van der Waals surface area contributed by atoms with E-state index in [9.17, 15) is 14.7 Å². The fourth-order valence-corrected chi connectivity index (χ4v) is 3.89. The molecule has 1 aliphatic heterocycles. The molecule has 0 saturated carbocycles. The Morgan fingerprint density at radius 2 is 1.85 bits per heavy atom. The van der Waals surface area contributed by atoms with Crippen molar-refractivity contribution < 1.29 is 14.7 Å². The van der Waals surface area contributed by atoms with E-state index < -0.39 is 11.5 Å². The number of fused-ring (bicyclic) bond motifs is 1. The van der Waals surface area contributed by atoms with E-state index in [1.165, 1.54) is 0 Å². The second kappa shape index (κ2) is 7.56. The maximum Gasteiger partial charge on any atom is 0.264 e. The average molecular weight is 430 g/mol. The number of hydrogen-bond acceptors (Lipinski definition) is 3. The van der Waals surface area contributed by atoms with Gasteiger partial charge < -0.3 is 10.0 Å². The summed E-state index contributed by atoms with van der Waals surface area (Å²) in [7, 11) is 0. The number of carbonyl (C=O) groups excluding carboxylic acids is 2. The highest BCUT2D eigenvalue weighted by Crippen LogP contribution is 2.44. The molecular formula is C22H24BrNO3. The van der Waals surface area contributed by atoms with Crippen LogP contribution in [0, 0.1) is 0 Å². The summed E-state index contributed by atoms with van der Waals surface area (Å²) < 4.78 is 0.763. The number of halogens is 1. The smallest absolute Gasteiger partial charge is 0.264 e. The topological polar surface area (TPSA) is 57.6 Å². The van der Waals surface area contributed by atoms with Gasteiger partial charge in [0.05, 0.1) is 12.1 Å². The van der Waals surface area contributed by atoms with E-state index >= 15 is 0 Å². The molecule has 0 fully saturated rings. The molecule has 0 bridgehead atoms. The molecule has 0 spiro atoms.